The lowest BCUT2D eigenvalue weighted by Crippen LogP contribution is -2.13. The molecule has 3 aromatic rings. The van der Waals surface area contributed by atoms with E-state index in [1.165, 1.54) is 26.4 Å². The van der Waals surface area contributed by atoms with Crippen LogP contribution in [0.4, 0.5) is 11.4 Å². The Morgan fingerprint density at radius 3 is 2.03 bits per heavy atom. The number of amides is 2. The van der Waals surface area contributed by atoms with Gasteiger partial charge in [-0.15, -0.1) is 0 Å². The van der Waals surface area contributed by atoms with Crippen LogP contribution in [0, 0.1) is 22.7 Å². The van der Waals surface area contributed by atoms with Gasteiger partial charge < -0.3 is 20.1 Å². The van der Waals surface area contributed by atoms with Gasteiger partial charge in [-0.05, 0) is 65.7 Å². The second-order valence-electron chi connectivity index (χ2n) is 7.84. The summed E-state index contributed by atoms with van der Waals surface area (Å²) in [6, 6.07) is 22.1. The van der Waals surface area contributed by atoms with Gasteiger partial charge in [0.1, 0.15) is 0 Å². The van der Waals surface area contributed by atoms with Crippen molar-refractivity contribution in [1.29, 1.82) is 10.5 Å². The van der Waals surface area contributed by atoms with E-state index >= 15 is 0 Å². The third kappa shape index (κ3) is 7.47. The van der Waals surface area contributed by atoms with Crippen molar-refractivity contribution in [3.63, 3.8) is 0 Å². The van der Waals surface area contributed by atoms with Crippen LogP contribution in [0.3, 0.4) is 0 Å². The number of hydrogen-bond acceptors (Lipinski definition) is 6. The summed E-state index contributed by atoms with van der Waals surface area (Å²) in [5.41, 5.74) is 2.61. The zero-order valence-electron chi connectivity index (χ0n) is 20.6. The molecule has 0 aliphatic heterocycles. The number of nitriles is 2. The number of carbonyl (C=O) groups is 2. The predicted octanol–water partition coefficient (Wildman–Crippen LogP) is 5.62. The topological polar surface area (TPSA) is 124 Å². The number of carbonyl (C=O) groups excluding carboxylic acids is 2. The number of allylic oxidation sites excluding steroid dienone is 1. The van der Waals surface area contributed by atoms with Crippen molar-refractivity contribution in [2.24, 2.45) is 0 Å². The van der Waals surface area contributed by atoms with E-state index in [2.05, 4.69) is 10.6 Å². The third-order valence-corrected chi connectivity index (χ3v) is 5.70. The average Bonchev–Trinajstić information content (AvgIpc) is 2.94. The smallest absolute Gasteiger partial charge is 0.248 e. The Morgan fingerprint density at radius 1 is 0.842 bits per heavy atom. The predicted molar refractivity (Wildman–Crippen MR) is 146 cm³/mol. The molecule has 2 amide bonds. The van der Waals surface area contributed by atoms with Crippen LogP contribution in [-0.2, 0) is 9.59 Å². The maximum atomic E-state index is 12.9. The highest BCUT2D eigenvalue weighted by Gasteiger charge is 2.14. The fourth-order valence-corrected chi connectivity index (χ4v) is 3.69. The number of anilines is 2. The average molecular weight is 527 g/mol. The Balaban J connectivity index is 1.90. The number of benzene rings is 3. The molecule has 0 aromatic heterocycles. The molecule has 0 bridgehead atoms. The molecule has 0 unspecified atom stereocenters. The first-order valence-electron chi connectivity index (χ1n) is 11.3. The van der Waals surface area contributed by atoms with E-state index in [1.54, 1.807) is 66.7 Å². The van der Waals surface area contributed by atoms with Crippen molar-refractivity contribution in [1.82, 2.24) is 0 Å². The monoisotopic (exact) mass is 526 g/mol. The van der Waals surface area contributed by atoms with Crippen LogP contribution in [0.5, 0.6) is 11.5 Å². The Kier molecular flexibility index (Phi) is 9.65. The van der Waals surface area contributed by atoms with Gasteiger partial charge in [-0.1, -0.05) is 29.8 Å². The van der Waals surface area contributed by atoms with Gasteiger partial charge in [-0.25, -0.2) is 0 Å². The summed E-state index contributed by atoms with van der Waals surface area (Å²) in [5.74, 6) is 0.0725. The zero-order valence-corrected chi connectivity index (χ0v) is 21.4. The van der Waals surface area contributed by atoms with Crippen LogP contribution < -0.4 is 20.1 Å². The summed E-state index contributed by atoms with van der Waals surface area (Å²) in [6.45, 7) is 0. The molecular weight excluding hydrogens is 504 g/mol. The van der Waals surface area contributed by atoms with Crippen LogP contribution in [0.1, 0.15) is 23.1 Å². The number of nitrogens with zero attached hydrogens (tertiary/aromatic N) is 2. The molecule has 38 heavy (non-hydrogen) atoms. The van der Waals surface area contributed by atoms with Crippen molar-refractivity contribution >= 4 is 39.8 Å². The van der Waals surface area contributed by atoms with Gasteiger partial charge >= 0.3 is 0 Å². The van der Waals surface area contributed by atoms with Crippen LogP contribution in [0.25, 0.3) is 5.03 Å². The molecule has 0 fully saturated rings. The lowest BCUT2D eigenvalue weighted by atomic mass is 10.1. The van der Waals surface area contributed by atoms with Crippen molar-refractivity contribution in [2.75, 3.05) is 24.9 Å². The van der Waals surface area contributed by atoms with Crippen molar-refractivity contribution in [3.05, 3.63) is 101 Å². The first-order chi connectivity index (χ1) is 18.4. The van der Waals surface area contributed by atoms with Crippen LogP contribution in [0.2, 0.25) is 0 Å². The van der Waals surface area contributed by atoms with Gasteiger partial charge in [0.25, 0.3) is 0 Å². The van der Waals surface area contributed by atoms with Crippen LogP contribution in [-0.4, -0.2) is 26.0 Å². The van der Waals surface area contributed by atoms with Gasteiger partial charge in [0, 0.05) is 17.5 Å². The highest BCUT2D eigenvalue weighted by molar-refractivity contribution is 6.49. The fourth-order valence-electron chi connectivity index (χ4n) is 3.44. The molecule has 0 aliphatic rings. The Labute approximate surface area is 225 Å². The largest absolute Gasteiger partial charge is 0.493 e. The van der Waals surface area contributed by atoms with E-state index in [0.717, 1.165) is 0 Å². The van der Waals surface area contributed by atoms with Crippen LogP contribution >= 0.6 is 11.6 Å². The highest BCUT2D eigenvalue weighted by atomic mass is 35.5. The summed E-state index contributed by atoms with van der Waals surface area (Å²) in [6.07, 6.45) is 2.53. The molecule has 3 rings (SSSR count). The van der Waals surface area contributed by atoms with E-state index in [9.17, 15) is 9.59 Å². The minimum Gasteiger partial charge on any atom is -0.493 e. The number of hydrogen-bond donors (Lipinski definition) is 2. The minimum atomic E-state index is -0.475. The highest BCUT2D eigenvalue weighted by Crippen LogP contribution is 2.34. The summed E-state index contributed by atoms with van der Waals surface area (Å²) in [5, 5.41) is 23.8. The maximum absolute atomic E-state index is 12.9. The Hall–Kier alpha value is -5.05. The maximum Gasteiger partial charge on any atom is 0.248 e. The molecule has 2 N–H and O–H groups in total. The van der Waals surface area contributed by atoms with Crippen molar-refractivity contribution < 1.29 is 19.1 Å². The fraction of sp³-hybridized carbons (Fsp3) is 0.103. The molecule has 3 aromatic carbocycles. The summed E-state index contributed by atoms with van der Waals surface area (Å²) < 4.78 is 10.6. The molecule has 0 atom stereocenters. The molecule has 0 saturated heterocycles. The van der Waals surface area contributed by atoms with Gasteiger partial charge in [0.2, 0.25) is 11.8 Å². The van der Waals surface area contributed by atoms with Crippen LogP contribution in [0.15, 0.2) is 84.5 Å². The normalized spacial score (nSPS) is 11.1. The van der Waals surface area contributed by atoms with E-state index in [1.807, 2.05) is 12.1 Å². The first-order valence-corrected chi connectivity index (χ1v) is 11.6. The lowest BCUT2D eigenvalue weighted by Gasteiger charge is -2.12. The molecule has 9 heteroatoms. The minimum absolute atomic E-state index is 0.169. The SMILES string of the molecule is COc1ccc(/C(Cl)=C(\C=C\C(=O)Nc2cccc(C#N)c2)CC(=O)Nc2cccc(C#N)c2)cc1OC. The number of halogens is 1. The molecule has 0 spiro atoms. The van der Waals surface area contributed by atoms with E-state index < -0.39 is 11.8 Å². The Morgan fingerprint density at radius 2 is 1.45 bits per heavy atom. The summed E-state index contributed by atoms with van der Waals surface area (Å²) in [4.78, 5) is 25.5. The van der Waals surface area contributed by atoms with Crippen molar-refractivity contribution in [2.45, 2.75) is 6.42 Å². The van der Waals surface area contributed by atoms with E-state index in [4.69, 9.17) is 31.6 Å². The molecule has 190 valence electrons. The third-order valence-electron chi connectivity index (χ3n) is 5.24. The Bertz CT molecular complexity index is 1500. The van der Waals surface area contributed by atoms with E-state index in [0.29, 0.717) is 45.1 Å². The van der Waals surface area contributed by atoms with Crippen molar-refractivity contribution in [3.8, 4) is 23.6 Å². The summed E-state index contributed by atoms with van der Waals surface area (Å²) >= 11 is 6.72. The molecular formula is C29H23ClN4O4. The van der Waals surface area contributed by atoms with Gasteiger partial charge in [-0.3, -0.25) is 9.59 Å². The van der Waals surface area contributed by atoms with Gasteiger partial charge in [0.15, 0.2) is 11.5 Å². The van der Waals surface area contributed by atoms with Gasteiger partial charge in [-0.2, -0.15) is 10.5 Å². The summed E-state index contributed by atoms with van der Waals surface area (Å²) in [7, 11) is 3.01. The number of rotatable bonds is 9. The molecule has 0 radical (unpaired) electrons. The standard InChI is InChI=1S/C29H23ClN4O4/c1-37-25-11-9-21(15-26(25)38-2)29(30)22(16-28(36)34-24-8-4-6-20(14-24)18-32)10-12-27(35)33-23-7-3-5-19(13-23)17-31/h3-15H,16H2,1-2H3,(H,33,35)(H,34,36)/b12-10+,29-22-. The van der Waals surface area contributed by atoms with E-state index in [-0.39, 0.29) is 11.5 Å². The second kappa shape index (κ2) is 13.3. The molecule has 0 saturated carbocycles. The number of methoxy groups -OCH3 is 2. The second-order valence-corrected chi connectivity index (χ2v) is 8.22. The first kappa shape index (κ1) is 27.5. The molecule has 8 nitrogen and oxygen atoms in total. The number of ether oxygens (including phenoxy) is 2. The lowest BCUT2D eigenvalue weighted by molar-refractivity contribution is -0.115. The van der Waals surface area contributed by atoms with Gasteiger partial charge in [0.05, 0.1) is 48.9 Å². The quantitative estimate of drug-likeness (QED) is 0.275. The zero-order chi connectivity index (χ0) is 27.5. The molecule has 0 aliphatic carbocycles. The molecule has 0 heterocycles. The number of nitrogens with one attached hydrogen (secondary N) is 2.